The molecule has 124 valence electrons. The number of anilines is 1. The van der Waals surface area contributed by atoms with Gasteiger partial charge in [-0.2, -0.15) is 0 Å². The van der Waals surface area contributed by atoms with Crippen molar-refractivity contribution in [3.63, 3.8) is 0 Å². The van der Waals surface area contributed by atoms with Crippen LogP contribution < -0.4 is 4.90 Å². The first-order valence-corrected chi connectivity index (χ1v) is 8.34. The first-order chi connectivity index (χ1) is 11.7. The minimum Gasteiger partial charge on any atom is -0.508 e. The van der Waals surface area contributed by atoms with Gasteiger partial charge in [-0.3, -0.25) is 9.78 Å². The molecule has 0 saturated carbocycles. The summed E-state index contributed by atoms with van der Waals surface area (Å²) in [5.41, 5.74) is 1.94. The van der Waals surface area contributed by atoms with E-state index >= 15 is 0 Å². The number of phenolic OH excluding ortho intramolecular Hbond substituents is 1. The average Bonchev–Trinajstić information content (AvgIpc) is 3.07. The Morgan fingerprint density at radius 1 is 1.17 bits per heavy atom. The predicted octanol–water partition coefficient (Wildman–Crippen LogP) is 1.56. The van der Waals surface area contributed by atoms with Crippen LogP contribution in [0.1, 0.15) is 23.5 Å². The van der Waals surface area contributed by atoms with Gasteiger partial charge in [0, 0.05) is 44.1 Å². The van der Waals surface area contributed by atoms with Crippen LogP contribution in [0.25, 0.3) is 0 Å². The number of hydrogen-bond donors (Lipinski definition) is 1. The normalized spacial score (nSPS) is 20.1. The van der Waals surface area contributed by atoms with Crippen molar-refractivity contribution in [2.75, 3.05) is 31.1 Å². The van der Waals surface area contributed by atoms with Gasteiger partial charge in [0.25, 0.3) is 0 Å². The summed E-state index contributed by atoms with van der Waals surface area (Å²) >= 11 is 0. The molecule has 2 heterocycles. The van der Waals surface area contributed by atoms with E-state index < -0.39 is 0 Å². The fraction of sp³-hybridized carbons (Fsp3) is 0.389. The summed E-state index contributed by atoms with van der Waals surface area (Å²) in [5.74, 6) is 1.04. The average molecular weight is 324 g/mol. The molecule has 1 aliphatic carbocycles. The molecule has 0 radical (unpaired) electrons. The Kier molecular flexibility index (Phi) is 3.80. The van der Waals surface area contributed by atoms with Crippen LogP contribution in [-0.4, -0.2) is 52.1 Å². The molecule has 0 spiro atoms. The van der Waals surface area contributed by atoms with E-state index in [1.54, 1.807) is 24.7 Å². The molecule has 0 bridgehead atoms. The first-order valence-electron chi connectivity index (χ1n) is 8.34. The molecule has 2 aromatic rings. The van der Waals surface area contributed by atoms with Gasteiger partial charge in [0.05, 0.1) is 12.1 Å². The lowest BCUT2D eigenvalue weighted by Gasteiger charge is -2.36. The molecule has 4 rings (SSSR count). The Hall–Kier alpha value is -2.63. The number of carbonyl (C=O) groups is 1. The zero-order chi connectivity index (χ0) is 16.5. The number of fused-ring (bicyclic) bond motifs is 1. The third-order valence-electron chi connectivity index (χ3n) is 4.99. The molecule has 1 aliphatic heterocycles. The number of nitrogens with zero attached hydrogens (tertiary/aromatic N) is 4. The van der Waals surface area contributed by atoms with Crippen molar-refractivity contribution in [2.24, 2.45) is 0 Å². The number of benzene rings is 1. The van der Waals surface area contributed by atoms with Crippen LogP contribution in [0.2, 0.25) is 0 Å². The number of aryl methyl sites for hydroxylation is 1. The molecule has 2 aliphatic rings. The number of rotatable bonds is 2. The molecular weight excluding hydrogens is 304 g/mol. The maximum absolute atomic E-state index is 12.9. The maximum atomic E-state index is 12.9. The van der Waals surface area contributed by atoms with Gasteiger partial charge < -0.3 is 14.9 Å². The Bertz CT molecular complexity index is 742. The second-order valence-corrected chi connectivity index (χ2v) is 6.32. The lowest BCUT2D eigenvalue weighted by Crippen LogP contribution is -2.50. The van der Waals surface area contributed by atoms with Gasteiger partial charge >= 0.3 is 0 Å². The summed E-state index contributed by atoms with van der Waals surface area (Å²) in [4.78, 5) is 25.4. The quantitative estimate of drug-likeness (QED) is 0.908. The monoisotopic (exact) mass is 324 g/mol. The molecule has 1 unspecified atom stereocenters. The molecule has 1 aromatic heterocycles. The van der Waals surface area contributed by atoms with Crippen molar-refractivity contribution in [1.29, 1.82) is 0 Å². The number of piperazine rings is 1. The zero-order valence-corrected chi connectivity index (χ0v) is 13.4. The van der Waals surface area contributed by atoms with E-state index in [9.17, 15) is 9.90 Å². The van der Waals surface area contributed by atoms with Crippen molar-refractivity contribution in [3.8, 4) is 5.75 Å². The van der Waals surface area contributed by atoms with Crippen molar-refractivity contribution in [1.82, 2.24) is 14.9 Å². The summed E-state index contributed by atoms with van der Waals surface area (Å²) in [6.45, 7) is 2.86. The number of carbonyl (C=O) groups excluding carboxylic acids is 1. The molecule has 1 amide bonds. The molecule has 1 atom stereocenters. The Labute approximate surface area is 140 Å². The van der Waals surface area contributed by atoms with Gasteiger partial charge in [-0.1, -0.05) is 12.1 Å². The zero-order valence-electron chi connectivity index (χ0n) is 13.4. The number of phenols is 1. The number of amides is 1. The predicted molar refractivity (Wildman–Crippen MR) is 90.0 cm³/mol. The fourth-order valence-electron chi connectivity index (χ4n) is 3.74. The van der Waals surface area contributed by atoms with E-state index in [0.29, 0.717) is 13.1 Å². The largest absolute Gasteiger partial charge is 0.508 e. The second-order valence-electron chi connectivity index (χ2n) is 6.32. The van der Waals surface area contributed by atoms with Crippen molar-refractivity contribution in [3.05, 3.63) is 47.9 Å². The van der Waals surface area contributed by atoms with E-state index in [-0.39, 0.29) is 17.6 Å². The third kappa shape index (κ3) is 2.58. The topological polar surface area (TPSA) is 69.6 Å². The van der Waals surface area contributed by atoms with Gasteiger partial charge in [0.1, 0.15) is 11.6 Å². The van der Waals surface area contributed by atoms with Crippen LogP contribution in [0, 0.1) is 0 Å². The highest BCUT2D eigenvalue weighted by Gasteiger charge is 2.35. The highest BCUT2D eigenvalue weighted by Crippen LogP contribution is 2.40. The summed E-state index contributed by atoms with van der Waals surface area (Å²) < 4.78 is 0. The molecule has 1 saturated heterocycles. The molecule has 1 N–H and O–H groups in total. The second kappa shape index (κ2) is 6.11. The maximum Gasteiger partial charge on any atom is 0.230 e. The highest BCUT2D eigenvalue weighted by molar-refractivity contribution is 5.86. The summed E-state index contributed by atoms with van der Waals surface area (Å²) in [7, 11) is 0. The molecule has 6 heteroatoms. The molecule has 1 aromatic carbocycles. The fourth-order valence-corrected chi connectivity index (χ4v) is 3.74. The summed E-state index contributed by atoms with van der Waals surface area (Å²) in [6, 6.07) is 5.53. The minimum atomic E-state index is -0.204. The van der Waals surface area contributed by atoms with Crippen molar-refractivity contribution >= 4 is 11.7 Å². The standard InChI is InChI=1S/C18H20N4O2/c23-15-3-1-2-13-4-5-14(17(13)15)18(24)22-10-8-21(9-11-22)16-12-19-6-7-20-16/h1-3,6-7,12,14,23H,4-5,8-11H2. The summed E-state index contributed by atoms with van der Waals surface area (Å²) in [6.07, 6.45) is 6.75. The summed E-state index contributed by atoms with van der Waals surface area (Å²) in [5, 5.41) is 10.1. The van der Waals surface area contributed by atoms with Crippen LogP contribution in [0.15, 0.2) is 36.8 Å². The Morgan fingerprint density at radius 2 is 2.00 bits per heavy atom. The van der Waals surface area contributed by atoms with Crippen LogP contribution >= 0.6 is 0 Å². The van der Waals surface area contributed by atoms with E-state index in [1.165, 1.54) is 0 Å². The molecular formula is C18H20N4O2. The van der Waals surface area contributed by atoms with Crippen LogP contribution in [-0.2, 0) is 11.2 Å². The lowest BCUT2D eigenvalue weighted by atomic mass is 9.98. The van der Waals surface area contributed by atoms with Crippen LogP contribution in [0.3, 0.4) is 0 Å². The van der Waals surface area contributed by atoms with Gasteiger partial charge in [-0.05, 0) is 24.5 Å². The SMILES string of the molecule is O=C(C1CCc2cccc(O)c21)N1CCN(c2cnccn2)CC1. The number of aromatic hydroxyl groups is 1. The highest BCUT2D eigenvalue weighted by atomic mass is 16.3. The van der Waals surface area contributed by atoms with Gasteiger partial charge in [-0.25, -0.2) is 4.98 Å². The molecule has 6 nitrogen and oxygen atoms in total. The van der Waals surface area contributed by atoms with E-state index in [1.807, 2.05) is 17.0 Å². The number of hydrogen-bond acceptors (Lipinski definition) is 5. The van der Waals surface area contributed by atoms with E-state index in [0.717, 1.165) is 42.9 Å². The lowest BCUT2D eigenvalue weighted by molar-refractivity contribution is -0.133. The van der Waals surface area contributed by atoms with Gasteiger partial charge in [-0.15, -0.1) is 0 Å². The first kappa shape index (κ1) is 14.9. The van der Waals surface area contributed by atoms with Gasteiger partial charge in [0.15, 0.2) is 0 Å². The number of aromatic nitrogens is 2. The smallest absolute Gasteiger partial charge is 0.230 e. The van der Waals surface area contributed by atoms with Crippen molar-refractivity contribution in [2.45, 2.75) is 18.8 Å². The van der Waals surface area contributed by atoms with E-state index in [4.69, 9.17) is 0 Å². The van der Waals surface area contributed by atoms with Crippen LogP contribution in [0.5, 0.6) is 5.75 Å². The Balaban J connectivity index is 1.45. The minimum absolute atomic E-state index is 0.133. The third-order valence-corrected chi connectivity index (χ3v) is 4.99. The van der Waals surface area contributed by atoms with Gasteiger partial charge in [0.2, 0.25) is 5.91 Å². The van der Waals surface area contributed by atoms with E-state index in [2.05, 4.69) is 14.9 Å². The molecule has 24 heavy (non-hydrogen) atoms. The molecule has 1 fully saturated rings. The Morgan fingerprint density at radius 3 is 2.75 bits per heavy atom. The van der Waals surface area contributed by atoms with Crippen molar-refractivity contribution < 1.29 is 9.90 Å². The van der Waals surface area contributed by atoms with Crippen LogP contribution in [0.4, 0.5) is 5.82 Å².